The van der Waals surface area contributed by atoms with Crippen molar-refractivity contribution in [2.24, 2.45) is 0 Å². The molecular weight excluding hydrogens is 394 g/mol. The molecule has 3 nitrogen and oxygen atoms in total. The maximum atomic E-state index is 12.7. The molecule has 0 aliphatic carbocycles. The quantitative estimate of drug-likeness (QED) is 0.523. The lowest BCUT2D eigenvalue weighted by molar-refractivity contribution is 0.557. The summed E-state index contributed by atoms with van der Waals surface area (Å²) in [5.74, 6) is 0. The summed E-state index contributed by atoms with van der Waals surface area (Å²) < 4.78 is 28.1. The number of sulfonamides is 1. The van der Waals surface area contributed by atoms with Gasteiger partial charge >= 0.3 is 0 Å². The molecule has 0 aromatic heterocycles. The molecule has 0 bridgehead atoms. The van der Waals surface area contributed by atoms with Gasteiger partial charge in [-0.15, -0.1) is 0 Å². The monoisotopic (exact) mass is 415 g/mol. The number of rotatable bonds is 7. The van der Waals surface area contributed by atoms with Crippen LogP contribution < -0.4 is 4.72 Å². The molecule has 0 aliphatic rings. The van der Waals surface area contributed by atoms with Crippen LogP contribution in [0.5, 0.6) is 0 Å². The number of nitrogens with one attached hydrogen (secondary N) is 1. The van der Waals surface area contributed by atoms with Crippen molar-refractivity contribution in [2.75, 3.05) is 0 Å². The summed E-state index contributed by atoms with van der Waals surface area (Å²) >= 11 is 6.18. The minimum Gasteiger partial charge on any atom is -0.207 e. The van der Waals surface area contributed by atoms with Gasteiger partial charge in [-0.05, 0) is 48.9 Å². The third-order valence-corrected chi connectivity index (χ3v) is 7.40. The smallest absolute Gasteiger partial charge is 0.207 e. The lowest BCUT2D eigenvalue weighted by Gasteiger charge is -2.21. The summed E-state index contributed by atoms with van der Waals surface area (Å²) in [6, 6.07) is 26.2. The van der Waals surface area contributed by atoms with Crippen LogP contribution in [-0.2, 0) is 10.0 Å². The first-order valence-electron chi connectivity index (χ1n) is 8.54. The van der Waals surface area contributed by atoms with Gasteiger partial charge in [-0.2, -0.15) is 12.6 Å². The largest absolute Gasteiger partial charge is 0.240 e. The van der Waals surface area contributed by atoms with E-state index < -0.39 is 10.0 Å². The van der Waals surface area contributed by atoms with Gasteiger partial charge in [-0.3, -0.25) is 0 Å². The van der Waals surface area contributed by atoms with Crippen molar-refractivity contribution in [3.63, 3.8) is 0 Å². The summed E-state index contributed by atoms with van der Waals surface area (Å²) in [5, 5.41) is -0.228. The molecule has 3 aromatic carbocycles. The van der Waals surface area contributed by atoms with Gasteiger partial charge in [-0.25, -0.2) is 13.1 Å². The van der Waals surface area contributed by atoms with Crippen LogP contribution in [0.4, 0.5) is 0 Å². The summed E-state index contributed by atoms with van der Waals surface area (Å²) in [4.78, 5) is 2.35. The zero-order valence-electron chi connectivity index (χ0n) is 14.8. The second-order valence-corrected chi connectivity index (χ2v) is 9.57. The van der Waals surface area contributed by atoms with Crippen LogP contribution in [0.1, 0.15) is 17.7 Å². The van der Waals surface area contributed by atoms with E-state index in [-0.39, 0.29) is 16.2 Å². The first-order chi connectivity index (χ1) is 13.0. The molecule has 0 amide bonds. The van der Waals surface area contributed by atoms with E-state index in [1.54, 1.807) is 23.9 Å². The summed E-state index contributed by atoms with van der Waals surface area (Å²) in [6.07, 6.45) is 0. The standard InChI is InChI=1S/C21H21NO2S3/c1-16(21(25)17-8-4-2-5-9-17)22-27(23,24)20-14-12-19(13-15-20)26-18-10-6-3-7-11-18/h2-16,21-22,25H,1H3/t16-,21?/m1/s1. The van der Waals surface area contributed by atoms with Crippen molar-refractivity contribution < 1.29 is 8.42 Å². The van der Waals surface area contributed by atoms with Crippen LogP contribution in [0.3, 0.4) is 0 Å². The van der Waals surface area contributed by atoms with Crippen LogP contribution in [0.2, 0.25) is 0 Å². The van der Waals surface area contributed by atoms with Crippen molar-refractivity contribution in [1.29, 1.82) is 0 Å². The molecule has 0 fully saturated rings. The van der Waals surface area contributed by atoms with Gasteiger partial charge in [0.1, 0.15) is 0 Å². The summed E-state index contributed by atoms with van der Waals surface area (Å²) in [5.41, 5.74) is 0.977. The molecule has 27 heavy (non-hydrogen) atoms. The molecule has 0 aliphatic heterocycles. The molecule has 3 aromatic rings. The molecule has 0 spiro atoms. The highest BCUT2D eigenvalue weighted by Gasteiger charge is 2.22. The fourth-order valence-electron chi connectivity index (χ4n) is 2.63. The topological polar surface area (TPSA) is 46.2 Å². The van der Waals surface area contributed by atoms with Crippen molar-refractivity contribution in [3.8, 4) is 0 Å². The summed E-state index contributed by atoms with van der Waals surface area (Å²) in [6.45, 7) is 1.82. The van der Waals surface area contributed by atoms with Gasteiger partial charge in [0.15, 0.2) is 0 Å². The lowest BCUT2D eigenvalue weighted by atomic mass is 10.1. The average Bonchev–Trinajstić information content (AvgIpc) is 2.69. The maximum Gasteiger partial charge on any atom is 0.240 e. The van der Waals surface area contributed by atoms with E-state index in [2.05, 4.69) is 17.4 Å². The molecule has 0 heterocycles. The Morgan fingerprint density at radius 3 is 1.93 bits per heavy atom. The molecule has 1 unspecified atom stereocenters. The van der Waals surface area contributed by atoms with Gasteiger partial charge in [0.05, 0.1) is 4.90 Å². The minimum atomic E-state index is -3.61. The number of hydrogen-bond acceptors (Lipinski definition) is 4. The Kier molecular flexibility index (Phi) is 6.65. The van der Waals surface area contributed by atoms with Gasteiger partial charge in [0.25, 0.3) is 0 Å². The third kappa shape index (κ3) is 5.39. The fourth-order valence-corrected chi connectivity index (χ4v) is 5.07. The Labute approximate surface area is 170 Å². The van der Waals surface area contributed by atoms with Crippen LogP contribution in [0.15, 0.2) is 99.6 Å². The predicted octanol–water partition coefficient (Wildman–Crippen LogP) is 5.18. The van der Waals surface area contributed by atoms with Crippen molar-refractivity contribution in [1.82, 2.24) is 4.72 Å². The highest BCUT2D eigenvalue weighted by atomic mass is 32.2. The Hall–Kier alpha value is -1.73. The minimum absolute atomic E-state index is 0.228. The summed E-state index contributed by atoms with van der Waals surface area (Å²) in [7, 11) is -3.61. The molecule has 2 atom stereocenters. The molecule has 0 saturated carbocycles. The van der Waals surface area contributed by atoms with Crippen LogP contribution in [-0.4, -0.2) is 14.5 Å². The third-order valence-electron chi connectivity index (χ3n) is 4.07. The molecule has 0 radical (unpaired) electrons. The van der Waals surface area contributed by atoms with Gasteiger partial charge in [0.2, 0.25) is 10.0 Å². The predicted molar refractivity (Wildman–Crippen MR) is 115 cm³/mol. The van der Waals surface area contributed by atoms with E-state index in [0.717, 1.165) is 15.4 Å². The average molecular weight is 416 g/mol. The first kappa shape index (κ1) is 20.0. The van der Waals surface area contributed by atoms with E-state index >= 15 is 0 Å². The van der Waals surface area contributed by atoms with Crippen molar-refractivity contribution in [2.45, 2.75) is 32.9 Å². The van der Waals surface area contributed by atoms with E-state index in [1.165, 1.54) is 0 Å². The van der Waals surface area contributed by atoms with E-state index in [4.69, 9.17) is 0 Å². The van der Waals surface area contributed by atoms with E-state index in [0.29, 0.717) is 0 Å². The number of benzene rings is 3. The molecule has 1 N–H and O–H groups in total. The molecule has 140 valence electrons. The van der Waals surface area contributed by atoms with E-state index in [1.807, 2.05) is 79.7 Å². The normalized spacial score (nSPS) is 13.9. The first-order valence-corrected chi connectivity index (χ1v) is 11.4. The zero-order valence-corrected chi connectivity index (χ0v) is 17.3. The van der Waals surface area contributed by atoms with Crippen LogP contribution in [0, 0.1) is 0 Å². The van der Waals surface area contributed by atoms with Gasteiger partial charge in [0, 0.05) is 21.1 Å². The van der Waals surface area contributed by atoms with Gasteiger partial charge < -0.3 is 0 Å². The van der Waals surface area contributed by atoms with Crippen molar-refractivity contribution >= 4 is 34.4 Å². The van der Waals surface area contributed by atoms with Crippen LogP contribution >= 0.6 is 24.4 Å². The highest BCUT2D eigenvalue weighted by Crippen LogP contribution is 2.29. The molecular formula is C21H21NO2S3. The molecule has 0 saturated heterocycles. The lowest BCUT2D eigenvalue weighted by Crippen LogP contribution is -2.35. The second-order valence-electron chi connectivity index (χ2n) is 6.15. The van der Waals surface area contributed by atoms with Gasteiger partial charge in [-0.1, -0.05) is 60.3 Å². The van der Waals surface area contributed by atoms with Crippen molar-refractivity contribution in [3.05, 3.63) is 90.5 Å². The SMILES string of the molecule is C[C@@H](NS(=O)(=O)c1ccc(Sc2ccccc2)cc1)C(S)c1ccccc1. The Morgan fingerprint density at radius 2 is 1.33 bits per heavy atom. The Balaban J connectivity index is 1.69. The number of hydrogen-bond donors (Lipinski definition) is 2. The molecule has 3 rings (SSSR count). The zero-order chi connectivity index (χ0) is 19.3. The van der Waals surface area contributed by atoms with Crippen LogP contribution in [0.25, 0.3) is 0 Å². The Morgan fingerprint density at radius 1 is 0.815 bits per heavy atom. The number of thiol groups is 1. The maximum absolute atomic E-state index is 12.7. The fraction of sp³-hybridized carbons (Fsp3) is 0.143. The second kappa shape index (κ2) is 8.97. The van der Waals surface area contributed by atoms with E-state index in [9.17, 15) is 8.42 Å². The Bertz CT molecular complexity index is 959. The molecule has 6 heteroatoms. The highest BCUT2D eigenvalue weighted by molar-refractivity contribution is 7.99.